The molecular weight excluding hydrogens is 236 g/mol. The van der Waals surface area contributed by atoms with Crippen molar-refractivity contribution >= 4 is 9.84 Å². The molecule has 0 fully saturated rings. The van der Waals surface area contributed by atoms with Crippen molar-refractivity contribution in [3.8, 4) is 0 Å². The fourth-order valence-electron chi connectivity index (χ4n) is 0.902. The molecule has 0 saturated carbocycles. The van der Waals surface area contributed by atoms with Gasteiger partial charge in [0.1, 0.15) is 5.82 Å². The van der Waals surface area contributed by atoms with Gasteiger partial charge in [-0.2, -0.15) is 13.2 Å². The van der Waals surface area contributed by atoms with Gasteiger partial charge in [0.2, 0.25) is 0 Å². The van der Waals surface area contributed by atoms with Crippen LogP contribution < -0.4 is 0 Å². The van der Waals surface area contributed by atoms with E-state index in [1.165, 1.54) is 12.1 Å². The van der Waals surface area contributed by atoms with Crippen LogP contribution in [0.2, 0.25) is 0 Å². The first-order valence-corrected chi connectivity index (χ1v) is 5.42. The van der Waals surface area contributed by atoms with E-state index in [0.717, 1.165) is 12.1 Å². The van der Waals surface area contributed by atoms with E-state index in [9.17, 15) is 26.0 Å². The van der Waals surface area contributed by atoms with Crippen molar-refractivity contribution in [2.45, 2.75) is 11.3 Å². The maximum absolute atomic E-state index is 12.9. The molecule has 0 N–H and O–H groups in total. The van der Waals surface area contributed by atoms with Crippen LogP contribution in [0.5, 0.6) is 0 Å². The third-order valence-corrected chi connectivity index (χ3v) is 3.05. The highest BCUT2D eigenvalue weighted by Gasteiger charge is 2.45. The van der Waals surface area contributed by atoms with Gasteiger partial charge in [-0.25, -0.2) is 12.8 Å². The van der Waals surface area contributed by atoms with Crippen molar-refractivity contribution in [1.29, 1.82) is 0 Å². The maximum Gasteiger partial charge on any atom is 0.497 e. The Hall–Kier alpha value is -1.11. The van der Waals surface area contributed by atoms with Gasteiger partial charge < -0.3 is 0 Å². The first-order chi connectivity index (χ1) is 6.74. The van der Waals surface area contributed by atoms with Crippen LogP contribution in [-0.4, -0.2) is 13.9 Å². The van der Waals surface area contributed by atoms with E-state index >= 15 is 0 Å². The van der Waals surface area contributed by atoms with E-state index in [1.807, 2.05) is 0 Å². The lowest BCUT2D eigenvalue weighted by Crippen LogP contribution is -2.25. The van der Waals surface area contributed by atoms with E-state index in [1.54, 1.807) is 0 Å². The number of hydrogen-bond donors (Lipinski definition) is 0. The van der Waals surface area contributed by atoms with Crippen LogP contribution in [0.3, 0.4) is 0 Å². The van der Waals surface area contributed by atoms with Crippen LogP contribution in [0, 0.1) is 5.82 Å². The van der Waals surface area contributed by atoms with Crippen LogP contribution in [0.15, 0.2) is 24.3 Å². The average Bonchev–Trinajstić information content (AvgIpc) is 2.06. The zero-order chi connectivity index (χ0) is 11.7. The van der Waals surface area contributed by atoms with Crippen molar-refractivity contribution in [2.24, 2.45) is 0 Å². The van der Waals surface area contributed by atoms with Gasteiger partial charge in [-0.1, -0.05) is 18.2 Å². The Morgan fingerprint density at radius 3 is 2.13 bits per heavy atom. The zero-order valence-electron chi connectivity index (χ0n) is 7.25. The second kappa shape index (κ2) is 3.80. The molecule has 0 heterocycles. The largest absolute Gasteiger partial charge is 0.497 e. The van der Waals surface area contributed by atoms with Crippen molar-refractivity contribution < 1.29 is 26.0 Å². The first kappa shape index (κ1) is 12.0. The number of hydrogen-bond acceptors (Lipinski definition) is 2. The molecule has 0 saturated heterocycles. The summed E-state index contributed by atoms with van der Waals surface area (Å²) in [5.74, 6) is -2.34. The highest BCUT2D eigenvalue weighted by molar-refractivity contribution is 7.91. The van der Waals surface area contributed by atoms with Gasteiger partial charge in [0, 0.05) is 5.56 Å². The summed E-state index contributed by atoms with van der Waals surface area (Å²) in [5.41, 5.74) is -5.84. The monoisotopic (exact) mass is 242 g/mol. The van der Waals surface area contributed by atoms with E-state index in [-0.39, 0.29) is 0 Å². The van der Waals surface area contributed by atoms with Crippen LogP contribution in [0.4, 0.5) is 17.6 Å². The third-order valence-electron chi connectivity index (χ3n) is 1.66. The molecule has 0 unspecified atom stereocenters. The molecule has 0 bridgehead atoms. The number of halogens is 4. The number of benzene rings is 1. The highest BCUT2D eigenvalue weighted by atomic mass is 32.2. The van der Waals surface area contributed by atoms with Crippen LogP contribution in [0.1, 0.15) is 5.56 Å². The van der Waals surface area contributed by atoms with Gasteiger partial charge in [-0.05, 0) is 6.07 Å². The van der Waals surface area contributed by atoms with Crippen LogP contribution in [0.25, 0.3) is 0 Å². The summed E-state index contributed by atoms with van der Waals surface area (Å²) in [4.78, 5) is 0. The van der Waals surface area contributed by atoms with Gasteiger partial charge in [0.05, 0.1) is 5.75 Å². The zero-order valence-corrected chi connectivity index (χ0v) is 8.07. The van der Waals surface area contributed by atoms with E-state index in [4.69, 9.17) is 0 Å². The highest BCUT2D eigenvalue weighted by Crippen LogP contribution is 2.27. The van der Waals surface area contributed by atoms with Crippen LogP contribution in [-0.2, 0) is 15.6 Å². The Morgan fingerprint density at radius 1 is 1.13 bits per heavy atom. The van der Waals surface area contributed by atoms with Gasteiger partial charge in [0.15, 0.2) is 0 Å². The summed E-state index contributed by atoms with van der Waals surface area (Å²) in [7, 11) is -5.31. The SMILES string of the molecule is O=S(=O)(Cc1ccccc1F)C(F)(F)F. The Kier molecular flexibility index (Phi) is 3.03. The lowest BCUT2D eigenvalue weighted by atomic mass is 10.2. The van der Waals surface area contributed by atoms with Gasteiger partial charge in [-0.15, -0.1) is 0 Å². The molecule has 0 radical (unpaired) electrons. The number of sulfone groups is 1. The Bertz CT molecular complexity index is 450. The molecule has 84 valence electrons. The molecule has 0 atom stereocenters. The molecule has 1 aromatic rings. The van der Waals surface area contributed by atoms with E-state index in [2.05, 4.69) is 0 Å². The second-order valence-corrected chi connectivity index (χ2v) is 4.78. The topological polar surface area (TPSA) is 34.1 Å². The fraction of sp³-hybridized carbons (Fsp3) is 0.250. The second-order valence-electron chi connectivity index (χ2n) is 2.80. The quantitative estimate of drug-likeness (QED) is 0.745. The maximum atomic E-state index is 12.9. The molecule has 0 aliphatic rings. The summed E-state index contributed by atoms with van der Waals surface area (Å²) < 4.78 is 70.1. The first-order valence-electron chi connectivity index (χ1n) is 3.76. The van der Waals surface area contributed by atoms with Gasteiger partial charge in [0.25, 0.3) is 9.84 Å². The van der Waals surface area contributed by atoms with Crippen molar-refractivity contribution in [3.05, 3.63) is 35.6 Å². The van der Waals surface area contributed by atoms with Crippen LogP contribution >= 0.6 is 0 Å². The number of rotatable bonds is 2. The molecule has 0 aromatic heterocycles. The summed E-state index contributed by atoms with van der Waals surface area (Å²) in [6, 6.07) is 4.43. The van der Waals surface area contributed by atoms with Gasteiger partial charge >= 0.3 is 5.51 Å². The molecule has 2 nitrogen and oxygen atoms in total. The molecule has 15 heavy (non-hydrogen) atoms. The molecule has 1 rings (SSSR count). The minimum absolute atomic E-state index is 0.491. The van der Waals surface area contributed by atoms with Gasteiger partial charge in [-0.3, -0.25) is 0 Å². The average molecular weight is 242 g/mol. The summed E-state index contributed by atoms with van der Waals surface area (Å²) in [6.07, 6.45) is 0. The molecule has 0 spiro atoms. The summed E-state index contributed by atoms with van der Waals surface area (Å²) >= 11 is 0. The normalized spacial score (nSPS) is 12.8. The minimum Gasteiger partial charge on any atom is -0.219 e. The Morgan fingerprint density at radius 2 is 1.67 bits per heavy atom. The summed E-state index contributed by atoms with van der Waals surface area (Å²) in [5, 5.41) is 0. The minimum atomic E-state index is -5.35. The standard InChI is InChI=1S/C8H6F4O2S/c9-7-4-2-1-3-6(7)5-15(13,14)8(10,11)12/h1-4H,5H2. The van der Waals surface area contributed by atoms with E-state index < -0.39 is 32.5 Å². The van der Waals surface area contributed by atoms with Crippen molar-refractivity contribution in [3.63, 3.8) is 0 Å². The Labute approximate surface area is 83.4 Å². The van der Waals surface area contributed by atoms with E-state index in [0.29, 0.717) is 0 Å². The van der Waals surface area contributed by atoms with Crippen molar-refractivity contribution in [1.82, 2.24) is 0 Å². The summed E-state index contributed by atoms with van der Waals surface area (Å²) in [6.45, 7) is 0. The lowest BCUT2D eigenvalue weighted by molar-refractivity contribution is -0.0437. The smallest absolute Gasteiger partial charge is 0.219 e. The van der Waals surface area contributed by atoms with Crippen molar-refractivity contribution in [2.75, 3.05) is 0 Å². The predicted molar refractivity (Wildman–Crippen MR) is 45.1 cm³/mol. The molecule has 7 heteroatoms. The molecular formula is C8H6F4O2S. The fourth-order valence-corrected chi connectivity index (χ4v) is 1.71. The Balaban J connectivity index is 3.03. The molecule has 1 aromatic carbocycles. The predicted octanol–water partition coefficient (Wildman–Crippen LogP) is 2.26. The number of alkyl halides is 3. The molecule has 0 amide bonds. The third kappa shape index (κ3) is 2.68. The lowest BCUT2D eigenvalue weighted by Gasteiger charge is -2.08. The molecule has 0 aliphatic carbocycles. The molecule has 0 aliphatic heterocycles.